The van der Waals surface area contributed by atoms with Gasteiger partial charge < -0.3 is 0 Å². The molecule has 4 rings (SSSR count). The van der Waals surface area contributed by atoms with Gasteiger partial charge in [0, 0.05) is 46.8 Å². The summed E-state index contributed by atoms with van der Waals surface area (Å²) in [6.07, 6.45) is 5.58. The molecule has 0 N–H and O–H groups in total. The molecule has 0 aromatic carbocycles. The SMILES string of the molecule is Cn1c(=O)c2cncnc2n(C)c1=O.Cn1c(=O)c2nccnc2n(C)c1=O. The van der Waals surface area contributed by atoms with Crippen LogP contribution in [-0.4, -0.2) is 38.2 Å². The highest BCUT2D eigenvalue weighted by molar-refractivity contribution is 5.72. The van der Waals surface area contributed by atoms with Gasteiger partial charge in [0.15, 0.2) is 16.8 Å². The summed E-state index contributed by atoms with van der Waals surface area (Å²) >= 11 is 0. The number of aromatic nitrogens is 8. The van der Waals surface area contributed by atoms with Crippen LogP contribution in [0.4, 0.5) is 0 Å². The number of rotatable bonds is 0. The van der Waals surface area contributed by atoms with E-state index in [0.29, 0.717) is 16.7 Å². The van der Waals surface area contributed by atoms with Crippen LogP contribution in [0.1, 0.15) is 0 Å². The zero-order valence-electron chi connectivity index (χ0n) is 15.5. The first-order chi connectivity index (χ1) is 13.3. The maximum absolute atomic E-state index is 11.6. The number of fused-ring (bicyclic) bond motifs is 2. The molecular weight excluding hydrogens is 368 g/mol. The Bertz CT molecular complexity index is 1330. The number of hydrogen-bond acceptors (Lipinski definition) is 8. The van der Waals surface area contributed by atoms with E-state index < -0.39 is 11.2 Å². The summed E-state index contributed by atoms with van der Waals surface area (Å²) in [4.78, 5) is 61.5. The lowest BCUT2D eigenvalue weighted by Gasteiger charge is -2.04. The van der Waals surface area contributed by atoms with Crippen molar-refractivity contribution < 1.29 is 0 Å². The van der Waals surface area contributed by atoms with Crippen molar-refractivity contribution >= 4 is 22.2 Å². The minimum absolute atomic E-state index is 0.206. The zero-order valence-corrected chi connectivity index (χ0v) is 15.5. The van der Waals surface area contributed by atoms with Crippen LogP contribution >= 0.6 is 0 Å². The molecule has 0 aliphatic carbocycles. The van der Waals surface area contributed by atoms with Gasteiger partial charge in [-0.1, -0.05) is 0 Å². The van der Waals surface area contributed by atoms with Gasteiger partial charge in [0.2, 0.25) is 0 Å². The van der Waals surface area contributed by atoms with Gasteiger partial charge in [-0.05, 0) is 0 Å². The van der Waals surface area contributed by atoms with Gasteiger partial charge >= 0.3 is 11.4 Å². The molecule has 0 aliphatic heterocycles. The summed E-state index contributed by atoms with van der Waals surface area (Å²) < 4.78 is 4.66. The maximum Gasteiger partial charge on any atom is 0.332 e. The van der Waals surface area contributed by atoms with E-state index in [4.69, 9.17) is 0 Å². The third-order valence-corrected chi connectivity index (χ3v) is 4.20. The average molecular weight is 384 g/mol. The summed E-state index contributed by atoms with van der Waals surface area (Å²) in [6.45, 7) is 0. The smallest absolute Gasteiger partial charge is 0.280 e. The topological polar surface area (TPSA) is 140 Å². The first kappa shape index (κ1) is 18.8. The van der Waals surface area contributed by atoms with Crippen molar-refractivity contribution in [1.29, 1.82) is 0 Å². The molecule has 144 valence electrons. The average Bonchev–Trinajstić information content (AvgIpc) is 2.73. The molecule has 0 spiro atoms. The minimum atomic E-state index is -0.420. The first-order valence-electron chi connectivity index (χ1n) is 7.98. The quantitative estimate of drug-likeness (QED) is 0.341. The van der Waals surface area contributed by atoms with Crippen molar-refractivity contribution in [2.24, 2.45) is 28.2 Å². The fraction of sp³-hybridized carbons (Fsp3) is 0.250. The van der Waals surface area contributed by atoms with Crippen molar-refractivity contribution in [2.45, 2.75) is 0 Å². The lowest BCUT2D eigenvalue weighted by Crippen LogP contribution is -2.37. The maximum atomic E-state index is 11.6. The molecule has 12 heteroatoms. The molecule has 4 aromatic heterocycles. The van der Waals surface area contributed by atoms with E-state index in [9.17, 15) is 19.2 Å². The second kappa shape index (κ2) is 6.98. The van der Waals surface area contributed by atoms with Crippen LogP contribution in [0, 0.1) is 0 Å². The lowest BCUT2D eigenvalue weighted by molar-refractivity contribution is 0.704. The Labute approximate surface area is 156 Å². The van der Waals surface area contributed by atoms with E-state index in [1.807, 2.05) is 0 Å². The number of nitrogens with zero attached hydrogens (tertiary/aromatic N) is 8. The van der Waals surface area contributed by atoms with Gasteiger partial charge in [-0.2, -0.15) is 0 Å². The van der Waals surface area contributed by atoms with Gasteiger partial charge in [-0.15, -0.1) is 0 Å². The molecule has 0 radical (unpaired) electrons. The Balaban J connectivity index is 0.000000161. The molecule has 4 heterocycles. The van der Waals surface area contributed by atoms with Crippen LogP contribution in [0.3, 0.4) is 0 Å². The molecule has 0 fully saturated rings. The van der Waals surface area contributed by atoms with Gasteiger partial charge in [-0.3, -0.25) is 27.9 Å². The van der Waals surface area contributed by atoms with Gasteiger partial charge in [0.1, 0.15) is 11.7 Å². The Hall–Kier alpha value is -3.96. The Morgan fingerprint density at radius 3 is 1.93 bits per heavy atom. The van der Waals surface area contributed by atoms with E-state index in [1.165, 1.54) is 48.1 Å². The van der Waals surface area contributed by atoms with Gasteiger partial charge in [-0.25, -0.2) is 29.5 Å². The molecule has 0 unspecified atom stereocenters. The molecule has 0 saturated heterocycles. The summed E-state index contributed by atoms with van der Waals surface area (Å²) in [5.41, 5.74) is -0.713. The van der Waals surface area contributed by atoms with E-state index in [0.717, 1.165) is 9.13 Å². The van der Waals surface area contributed by atoms with Gasteiger partial charge in [0.05, 0.1) is 0 Å². The lowest BCUT2D eigenvalue weighted by atomic mass is 10.4. The van der Waals surface area contributed by atoms with Crippen molar-refractivity contribution in [1.82, 2.24) is 38.2 Å². The monoisotopic (exact) mass is 384 g/mol. The highest BCUT2D eigenvalue weighted by atomic mass is 16.2. The predicted molar refractivity (Wildman–Crippen MR) is 100 cm³/mol. The second-order valence-electron chi connectivity index (χ2n) is 5.90. The van der Waals surface area contributed by atoms with Crippen LogP contribution in [0.5, 0.6) is 0 Å². The molecule has 4 aromatic rings. The largest absolute Gasteiger partial charge is 0.332 e. The Morgan fingerprint density at radius 1 is 0.679 bits per heavy atom. The zero-order chi connectivity index (χ0) is 20.6. The summed E-state index contributed by atoms with van der Waals surface area (Å²) in [6, 6.07) is 0. The van der Waals surface area contributed by atoms with Crippen molar-refractivity contribution in [2.75, 3.05) is 0 Å². The Kier molecular flexibility index (Phi) is 4.69. The van der Waals surface area contributed by atoms with Crippen molar-refractivity contribution in [3.05, 3.63) is 66.6 Å². The third-order valence-electron chi connectivity index (χ3n) is 4.20. The first-order valence-corrected chi connectivity index (χ1v) is 7.98. The van der Waals surface area contributed by atoms with Crippen LogP contribution < -0.4 is 22.5 Å². The highest BCUT2D eigenvalue weighted by Crippen LogP contribution is 1.98. The molecule has 0 aliphatic rings. The molecule has 0 amide bonds. The third kappa shape index (κ3) is 2.90. The molecule has 28 heavy (non-hydrogen) atoms. The Morgan fingerprint density at radius 2 is 1.25 bits per heavy atom. The van der Waals surface area contributed by atoms with Crippen molar-refractivity contribution in [3.63, 3.8) is 0 Å². The highest BCUT2D eigenvalue weighted by Gasteiger charge is 2.09. The number of aryl methyl sites for hydroxylation is 2. The van der Waals surface area contributed by atoms with Crippen LogP contribution in [0.25, 0.3) is 22.2 Å². The summed E-state index contributed by atoms with van der Waals surface area (Å²) in [5, 5.41) is 0.345. The standard InChI is InChI=1S/2C8H8N4O2/c1-11-6-5(3-9-4-10-6)7(13)12(2)8(11)14;1-11-6-5(9-3-4-10-6)7(13)12(2)8(11)14/h2*3-4H,1-2H3. The summed E-state index contributed by atoms with van der Waals surface area (Å²) in [5.74, 6) is 0. The van der Waals surface area contributed by atoms with Crippen LogP contribution in [0.15, 0.2) is 44.1 Å². The molecular formula is C16H16N8O4. The molecule has 12 nitrogen and oxygen atoms in total. The van der Waals surface area contributed by atoms with Crippen molar-refractivity contribution in [3.8, 4) is 0 Å². The van der Waals surface area contributed by atoms with E-state index >= 15 is 0 Å². The fourth-order valence-corrected chi connectivity index (χ4v) is 2.61. The summed E-state index contributed by atoms with van der Waals surface area (Å²) in [7, 11) is 5.96. The number of hydrogen-bond donors (Lipinski definition) is 0. The van der Waals surface area contributed by atoms with E-state index in [-0.39, 0.29) is 16.8 Å². The van der Waals surface area contributed by atoms with E-state index in [2.05, 4.69) is 19.9 Å². The predicted octanol–water partition coefficient (Wildman–Crippen LogP) is -1.95. The molecule has 0 atom stereocenters. The molecule has 0 bridgehead atoms. The van der Waals surface area contributed by atoms with Gasteiger partial charge in [0.25, 0.3) is 11.1 Å². The van der Waals surface area contributed by atoms with Crippen LogP contribution in [0.2, 0.25) is 0 Å². The minimum Gasteiger partial charge on any atom is -0.280 e. The van der Waals surface area contributed by atoms with Crippen LogP contribution in [-0.2, 0) is 28.2 Å². The fourth-order valence-electron chi connectivity index (χ4n) is 2.61. The normalized spacial score (nSPS) is 10.7. The molecule has 0 saturated carbocycles. The van der Waals surface area contributed by atoms with E-state index in [1.54, 1.807) is 14.1 Å². The second-order valence-corrected chi connectivity index (χ2v) is 5.90.